The lowest BCUT2D eigenvalue weighted by atomic mass is 9.85. The smallest absolute Gasteiger partial charge is 0.265 e. The number of carbonyl (C=O) groups is 2. The lowest BCUT2D eigenvalue weighted by Gasteiger charge is -2.29. The highest BCUT2D eigenvalue weighted by Gasteiger charge is 2.49. The van der Waals surface area contributed by atoms with Crippen LogP contribution in [0, 0.1) is 6.92 Å². The van der Waals surface area contributed by atoms with Crippen molar-refractivity contribution in [2.45, 2.75) is 30.2 Å². The van der Waals surface area contributed by atoms with Crippen LogP contribution in [-0.4, -0.2) is 33.1 Å². The molecule has 4 aromatic rings. The Labute approximate surface area is 222 Å². The van der Waals surface area contributed by atoms with Gasteiger partial charge in [-0.25, -0.2) is 8.42 Å². The number of carbonyl (C=O) groups excluding carboxylic acids is 2. The van der Waals surface area contributed by atoms with Crippen molar-refractivity contribution in [3.63, 3.8) is 0 Å². The zero-order valence-electron chi connectivity index (χ0n) is 21.1. The van der Waals surface area contributed by atoms with Crippen LogP contribution in [-0.2, 0) is 10.0 Å². The number of hydrogen-bond acceptors (Lipinski definition) is 5. The summed E-state index contributed by atoms with van der Waals surface area (Å²) in [6, 6.07) is 27.9. The van der Waals surface area contributed by atoms with E-state index in [2.05, 4.69) is 0 Å². The summed E-state index contributed by atoms with van der Waals surface area (Å²) in [6.45, 7) is 1.88. The van der Waals surface area contributed by atoms with Crippen LogP contribution in [0.15, 0.2) is 108 Å². The van der Waals surface area contributed by atoms with E-state index in [9.17, 15) is 18.0 Å². The SMILES string of the molecule is COc1cccc(C(=O)[C@@H]2[C@H](CC(=O)c3ccccc3)c3ccccc3N2S(=O)(=O)c2ccc(C)cc2)c1. The summed E-state index contributed by atoms with van der Waals surface area (Å²) in [5.74, 6) is -0.765. The second-order valence-electron chi connectivity index (χ2n) is 9.31. The van der Waals surface area contributed by atoms with Crippen LogP contribution in [0.4, 0.5) is 5.69 Å². The van der Waals surface area contributed by atoms with Crippen molar-refractivity contribution >= 4 is 27.3 Å². The second kappa shape index (κ2) is 10.3. The molecular formula is C31H27NO5S. The van der Waals surface area contributed by atoms with Gasteiger partial charge in [0.15, 0.2) is 11.6 Å². The van der Waals surface area contributed by atoms with E-state index in [4.69, 9.17) is 4.74 Å². The molecule has 7 heteroatoms. The number of aryl methyl sites for hydroxylation is 1. The van der Waals surface area contributed by atoms with E-state index in [1.165, 1.54) is 11.4 Å². The predicted octanol–water partition coefficient (Wildman–Crippen LogP) is 5.82. The third kappa shape index (κ3) is 4.61. The number of benzene rings is 4. The van der Waals surface area contributed by atoms with Crippen molar-refractivity contribution < 1.29 is 22.7 Å². The van der Waals surface area contributed by atoms with Gasteiger partial charge < -0.3 is 4.74 Å². The van der Waals surface area contributed by atoms with Crippen molar-refractivity contribution in [1.82, 2.24) is 0 Å². The van der Waals surface area contributed by atoms with Crippen molar-refractivity contribution in [2.75, 3.05) is 11.4 Å². The molecule has 1 heterocycles. The first-order valence-corrected chi connectivity index (χ1v) is 13.7. The van der Waals surface area contributed by atoms with Crippen LogP contribution in [0.3, 0.4) is 0 Å². The molecule has 38 heavy (non-hydrogen) atoms. The average molecular weight is 526 g/mol. The highest BCUT2D eigenvalue weighted by molar-refractivity contribution is 7.93. The van der Waals surface area contributed by atoms with E-state index in [1.54, 1.807) is 97.1 Å². The summed E-state index contributed by atoms with van der Waals surface area (Å²) >= 11 is 0. The largest absolute Gasteiger partial charge is 0.497 e. The van der Waals surface area contributed by atoms with Crippen molar-refractivity contribution in [2.24, 2.45) is 0 Å². The molecule has 4 aromatic carbocycles. The molecule has 0 aromatic heterocycles. The minimum absolute atomic E-state index is 0.0265. The molecule has 0 N–H and O–H groups in total. The molecule has 2 atom stereocenters. The number of para-hydroxylation sites is 1. The minimum Gasteiger partial charge on any atom is -0.497 e. The number of hydrogen-bond donors (Lipinski definition) is 0. The van der Waals surface area contributed by atoms with Crippen LogP contribution in [0.2, 0.25) is 0 Å². The first-order valence-electron chi connectivity index (χ1n) is 12.3. The predicted molar refractivity (Wildman–Crippen MR) is 147 cm³/mol. The van der Waals surface area contributed by atoms with Gasteiger partial charge in [-0.05, 0) is 42.8 Å². The van der Waals surface area contributed by atoms with Gasteiger partial charge in [0.25, 0.3) is 10.0 Å². The molecule has 5 rings (SSSR count). The zero-order chi connectivity index (χ0) is 26.9. The summed E-state index contributed by atoms with van der Waals surface area (Å²) < 4.78 is 34.8. The van der Waals surface area contributed by atoms with Gasteiger partial charge in [0, 0.05) is 23.5 Å². The van der Waals surface area contributed by atoms with Crippen LogP contribution in [0.1, 0.15) is 44.2 Å². The summed E-state index contributed by atoms with van der Waals surface area (Å²) in [7, 11) is -2.65. The normalized spacial score (nSPS) is 16.6. The van der Waals surface area contributed by atoms with Gasteiger partial charge in [0.05, 0.1) is 17.7 Å². The molecule has 0 spiro atoms. The number of sulfonamides is 1. The van der Waals surface area contributed by atoms with E-state index in [0.717, 1.165) is 5.56 Å². The second-order valence-corrected chi connectivity index (χ2v) is 11.1. The lowest BCUT2D eigenvalue weighted by molar-refractivity contribution is 0.0930. The van der Waals surface area contributed by atoms with E-state index in [0.29, 0.717) is 28.1 Å². The number of nitrogens with zero attached hydrogens (tertiary/aromatic N) is 1. The van der Waals surface area contributed by atoms with Crippen LogP contribution in [0.5, 0.6) is 5.75 Å². The van der Waals surface area contributed by atoms with Gasteiger partial charge in [0.1, 0.15) is 11.8 Å². The lowest BCUT2D eigenvalue weighted by Crippen LogP contribution is -2.45. The Morgan fingerprint density at radius 3 is 2.18 bits per heavy atom. The van der Waals surface area contributed by atoms with Gasteiger partial charge in [-0.1, -0.05) is 78.4 Å². The standard InChI is InChI=1S/C31H27NO5S/c1-21-15-17-25(18-16-21)38(35,36)32-28-14-7-6-13-26(28)27(20-29(33)22-9-4-3-5-10-22)30(32)31(34)23-11-8-12-24(19-23)37-2/h3-19,27,30H,20H2,1-2H3/t27-,30+/m1/s1. The van der Waals surface area contributed by atoms with Gasteiger partial charge >= 0.3 is 0 Å². The minimum atomic E-state index is -4.15. The number of anilines is 1. The highest BCUT2D eigenvalue weighted by atomic mass is 32.2. The third-order valence-electron chi connectivity index (χ3n) is 6.91. The fourth-order valence-corrected chi connectivity index (χ4v) is 6.66. The first-order chi connectivity index (χ1) is 18.3. The van der Waals surface area contributed by atoms with E-state index in [1.807, 2.05) is 13.0 Å². The number of methoxy groups -OCH3 is 1. The van der Waals surface area contributed by atoms with Crippen LogP contribution >= 0.6 is 0 Å². The highest BCUT2D eigenvalue weighted by Crippen LogP contribution is 2.47. The average Bonchev–Trinajstić information content (AvgIpc) is 3.28. The van der Waals surface area contributed by atoms with Gasteiger partial charge in [-0.2, -0.15) is 0 Å². The molecule has 0 bridgehead atoms. The van der Waals surface area contributed by atoms with Crippen molar-refractivity contribution in [3.05, 3.63) is 125 Å². The molecule has 0 fully saturated rings. The van der Waals surface area contributed by atoms with Crippen LogP contribution < -0.4 is 9.04 Å². The molecule has 0 saturated heterocycles. The number of fused-ring (bicyclic) bond motifs is 1. The van der Waals surface area contributed by atoms with Crippen molar-refractivity contribution in [3.8, 4) is 5.75 Å². The fourth-order valence-electron chi connectivity index (χ4n) is 4.99. The van der Waals surface area contributed by atoms with E-state index in [-0.39, 0.29) is 17.1 Å². The Morgan fingerprint density at radius 1 is 0.816 bits per heavy atom. The first kappa shape index (κ1) is 25.4. The Balaban J connectivity index is 1.67. The zero-order valence-corrected chi connectivity index (χ0v) is 21.9. The maximum Gasteiger partial charge on any atom is 0.265 e. The summed E-state index contributed by atoms with van der Waals surface area (Å²) in [6.07, 6.45) is -0.0265. The van der Waals surface area contributed by atoms with Crippen molar-refractivity contribution in [1.29, 1.82) is 0 Å². The summed E-state index contributed by atoms with van der Waals surface area (Å²) in [5, 5.41) is 0. The summed E-state index contributed by atoms with van der Waals surface area (Å²) in [5.41, 5.74) is 2.79. The number of ketones is 2. The molecule has 0 aliphatic carbocycles. The molecule has 6 nitrogen and oxygen atoms in total. The molecule has 1 aliphatic rings. The topological polar surface area (TPSA) is 80.8 Å². The molecule has 1 aliphatic heterocycles. The number of Topliss-reactive ketones (excluding diaryl/α,β-unsaturated/α-hetero) is 2. The maximum absolute atomic E-state index is 14.2. The monoisotopic (exact) mass is 525 g/mol. The number of rotatable bonds is 8. The van der Waals surface area contributed by atoms with Gasteiger partial charge in [-0.3, -0.25) is 13.9 Å². The Kier molecular flexibility index (Phi) is 6.87. The Hall–Kier alpha value is -4.23. The molecule has 0 saturated carbocycles. The molecule has 0 unspecified atom stereocenters. The molecule has 192 valence electrons. The summed E-state index contributed by atoms with van der Waals surface area (Å²) in [4.78, 5) is 27.6. The fraction of sp³-hybridized carbons (Fsp3) is 0.161. The third-order valence-corrected chi connectivity index (χ3v) is 8.72. The molecular weight excluding hydrogens is 498 g/mol. The Bertz CT molecular complexity index is 1600. The van der Waals surface area contributed by atoms with Crippen LogP contribution in [0.25, 0.3) is 0 Å². The van der Waals surface area contributed by atoms with Gasteiger partial charge in [0.2, 0.25) is 0 Å². The number of ether oxygens (including phenoxy) is 1. The van der Waals surface area contributed by atoms with E-state index >= 15 is 0 Å². The molecule has 0 radical (unpaired) electrons. The van der Waals surface area contributed by atoms with E-state index < -0.39 is 27.8 Å². The quantitative estimate of drug-likeness (QED) is 0.271. The van der Waals surface area contributed by atoms with Gasteiger partial charge in [-0.15, -0.1) is 0 Å². The Morgan fingerprint density at radius 2 is 1.47 bits per heavy atom. The maximum atomic E-state index is 14.2. The molecule has 0 amide bonds.